The molecule has 6 heteroatoms. The molecular weight excluding hydrogens is 368 g/mol. The summed E-state index contributed by atoms with van der Waals surface area (Å²) in [5.74, 6) is 4.43. The molecule has 0 unspecified atom stereocenters. The molecular formula is C22H34N4OS. The van der Waals surface area contributed by atoms with Crippen LogP contribution >= 0.6 is 11.8 Å². The van der Waals surface area contributed by atoms with E-state index in [-0.39, 0.29) is 5.91 Å². The van der Waals surface area contributed by atoms with Crippen LogP contribution in [0.4, 0.5) is 0 Å². The number of rotatable bonds is 6. The first-order valence-electron chi connectivity index (χ1n) is 11.4. The van der Waals surface area contributed by atoms with Crippen molar-refractivity contribution in [3.63, 3.8) is 0 Å². The molecule has 0 spiro atoms. The third kappa shape index (κ3) is 3.73. The minimum atomic E-state index is 0.164. The molecule has 1 aromatic heterocycles. The van der Waals surface area contributed by atoms with Crippen molar-refractivity contribution < 1.29 is 4.79 Å². The van der Waals surface area contributed by atoms with Gasteiger partial charge in [0.2, 0.25) is 5.91 Å². The zero-order chi connectivity index (χ0) is 19.1. The Morgan fingerprint density at radius 2 is 1.71 bits per heavy atom. The smallest absolute Gasteiger partial charge is 0.230 e. The number of aromatic nitrogens is 3. The number of aryl methyl sites for hydroxylation is 1. The lowest BCUT2D eigenvalue weighted by Crippen LogP contribution is -2.51. The summed E-state index contributed by atoms with van der Waals surface area (Å²) in [5, 5.41) is 12.9. The van der Waals surface area contributed by atoms with Crippen LogP contribution in [0.1, 0.15) is 82.5 Å². The average Bonchev–Trinajstić information content (AvgIpc) is 3.05. The molecule has 154 valence electrons. The summed E-state index contributed by atoms with van der Waals surface area (Å²) in [4.78, 5) is 12.6. The van der Waals surface area contributed by atoms with Crippen LogP contribution in [0.3, 0.4) is 0 Å². The van der Waals surface area contributed by atoms with Gasteiger partial charge in [-0.15, -0.1) is 10.2 Å². The van der Waals surface area contributed by atoms with E-state index in [9.17, 15) is 4.79 Å². The van der Waals surface area contributed by atoms with E-state index in [0.29, 0.717) is 17.2 Å². The first-order chi connectivity index (χ1) is 13.6. The molecule has 28 heavy (non-hydrogen) atoms. The Morgan fingerprint density at radius 1 is 1.07 bits per heavy atom. The summed E-state index contributed by atoms with van der Waals surface area (Å²) in [6.45, 7) is 2.93. The van der Waals surface area contributed by atoms with Crippen LogP contribution in [-0.4, -0.2) is 33.0 Å². The Labute approximate surface area is 172 Å². The molecule has 1 heterocycles. The van der Waals surface area contributed by atoms with Gasteiger partial charge in [0.15, 0.2) is 5.16 Å². The minimum Gasteiger partial charge on any atom is -0.355 e. The van der Waals surface area contributed by atoms with Crippen molar-refractivity contribution in [1.29, 1.82) is 0 Å². The summed E-state index contributed by atoms with van der Waals surface area (Å²) < 4.78 is 2.29. The third-order valence-corrected chi connectivity index (χ3v) is 8.88. The minimum absolute atomic E-state index is 0.164. The van der Waals surface area contributed by atoms with Crippen LogP contribution in [-0.2, 0) is 4.79 Å². The fourth-order valence-corrected chi connectivity index (χ4v) is 8.06. The molecule has 1 aromatic rings. The highest BCUT2D eigenvalue weighted by Crippen LogP contribution is 2.59. The van der Waals surface area contributed by atoms with Gasteiger partial charge < -0.3 is 9.88 Å². The second kappa shape index (κ2) is 7.66. The van der Waals surface area contributed by atoms with Gasteiger partial charge in [0.1, 0.15) is 5.82 Å². The Bertz CT molecular complexity index is 689. The number of carbonyl (C=O) groups excluding carboxylic acids is 1. The van der Waals surface area contributed by atoms with E-state index in [1.807, 2.05) is 6.92 Å². The second-order valence-corrected chi connectivity index (χ2v) is 11.1. The predicted molar refractivity (Wildman–Crippen MR) is 111 cm³/mol. The fourth-order valence-electron chi connectivity index (χ4n) is 7.18. The number of nitrogens with zero attached hydrogens (tertiary/aromatic N) is 3. The molecule has 0 atom stereocenters. The Kier molecular flexibility index (Phi) is 5.18. The molecule has 5 fully saturated rings. The van der Waals surface area contributed by atoms with E-state index in [1.165, 1.54) is 70.6 Å². The number of carbonyl (C=O) groups is 1. The van der Waals surface area contributed by atoms with E-state index in [0.717, 1.165) is 35.3 Å². The van der Waals surface area contributed by atoms with Gasteiger partial charge in [-0.25, -0.2) is 0 Å². The Morgan fingerprint density at radius 3 is 2.36 bits per heavy atom. The molecule has 6 rings (SSSR count). The lowest BCUT2D eigenvalue weighted by atomic mass is 9.49. The summed E-state index contributed by atoms with van der Waals surface area (Å²) in [5.41, 5.74) is 0.411. The molecule has 5 saturated carbocycles. The van der Waals surface area contributed by atoms with E-state index in [1.54, 1.807) is 11.8 Å². The van der Waals surface area contributed by atoms with Gasteiger partial charge in [0, 0.05) is 12.6 Å². The van der Waals surface area contributed by atoms with Crippen LogP contribution in [0, 0.1) is 30.1 Å². The Balaban J connectivity index is 1.15. The SMILES string of the molecule is Cc1nnc(SCC(=O)NCC23CC4CC(CC(C4)C2)C3)n1C1CCCCC1. The van der Waals surface area contributed by atoms with Crippen molar-refractivity contribution in [1.82, 2.24) is 20.1 Å². The molecule has 5 nitrogen and oxygen atoms in total. The van der Waals surface area contributed by atoms with Crippen LogP contribution < -0.4 is 5.32 Å². The van der Waals surface area contributed by atoms with Crippen LogP contribution in [0.2, 0.25) is 0 Å². The standard InChI is InChI=1S/C22H34N4OS/c1-15-24-25-21(26(15)19-5-3-2-4-6-19)28-13-20(27)23-14-22-10-16-7-17(11-22)9-18(8-16)12-22/h16-19H,2-14H2,1H3,(H,23,27). The van der Waals surface area contributed by atoms with Crippen molar-refractivity contribution in [2.45, 2.75) is 88.8 Å². The molecule has 1 N–H and O–H groups in total. The summed E-state index contributed by atoms with van der Waals surface area (Å²) in [6, 6.07) is 0.515. The van der Waals surface area contributed by atoms with Gasteiger partial charge in [-0.3, -0.25) is 4.79 Å². The highest BCUT2D eigenvalue weighted by molar-refractivity contribution is 7.99. The maximum Gasteiger partial charge on any atom is 0.230 e. The van der Waals surface area contributed by atoms with Crippen molar-refractivity contribution in [3.8, 4) is 0 Å². The number of thioether (sulfide) groups is 1. The zero-order valence-electron chi connectivity index (χ0n) is 17.2. The van der Waals surface area contributed by atoms with E-state index in [2.05, 4.69) is 20.1 Å². The monoisotopic (exact) mass is 402 g/mol. The Hall–Kier alpha value is -1.04. The summed E-state index contributed by atoms with van der Waals surface area (Å²) in [7, 11) is 0. The lowest BCUT2D eigenvalue weighted by Gasteiger charge is -2.56. The van der Waals surface area contributed by atoms with Gasteiger partial charge in [-0.2, -0.15) is 0 Å². The zero-order valence-corrected chi connectivity index (χ0v) is 18.0. The number of hydrogen-bond donors (Lipinski definition) is 1. The van der Waals surface area contributed by atoms with Crippen molar-refractivity contribution in [3.05, 3.63) is 5.82 Å². The molecule has 0 aromatic carbocycles. The molecule has 4 bridgehead atoms. The van der Waals surface area contributed by atoms with Gasteiger partial charge >= 0.3 is 0 Å². The van der Waals surface area contributed by atoms with E-state index in [4.69, 9.17) is 0 Å². The predicted octanol–water partition coefficient (Wildman–Crippen LogP) is 4.52. The van der Waals surface area contributed by atoms with Gasteiger partial charge in [-0.05, 0) is 81.5 Å². The highest BCUT2D eigenvalue weighted by atomic mass is 32.2. The van der Waals surface area contributed by atoms with Crippen molar-refractivity contribution >= 4 is 17.7 Å². The first-order valence-corrected chi connectivity index (χ1v) is 12.4. The largest absolute Gasteiger partial charge is 0.355 e. The second-order valence-electron chi connectivity index (χ2n) is 10.2. The van der Waals surface area contributed by atoms with E-state index < -0.39 is 0 Å². The lowest BCUT2D eigenvalue weighted by molar-refractivity contribution is -0.120. The maximum atomic E-state index is 12.6. The third-order valence-electron chi connectivity index (χ3n) is 7.93. The molecule has 1 amide bonds. The number of nitrogens with one attached hydrogen (secondary N) is 1. The molecule has 0 radical (unpaired) electrons. The highest BCUT2D eigenvalue weighted by Gasteiger charge is 2.50. The quantitative estimate of drug-likeness (QED) is 0.711. The van der Waals surface area contributed by atoms with Gasteiger partial charge in [-0.1, -0.05) is 31.0 Å². The van der Waals surface area contributed by atoms with Gasteiger partial charge in [0.05, 0.1) is 5.75 Å². The molecule has 5 aliphatic rings. The molecule has 0 saturated heterocycles. The molecule has 5 aliphatic carbocycles. The topological polar surface area (TPSA) is 59.8 Å². The summed E-state index contributed by atoms with van der Waals surface area (Å²) in [6.07, 6.45) is 14.8. The van der Waals surface area contributed by atoms with Crippen LogP contribution in [0.25, 0.3) is 0 Å². The van der Waals surface area contributed by atoms with Crippen LogP contribution in [0.5, 0.6) is 0 Å². The number of amides is 1. The molecule has 0 aliphatic heterocycles. The fraction of sp³-hybridized carbons (Fsp3) is 0.864. The van der Waals surface area contributed by atoms with Crippen molar-refractivity contribution in [2.24, 2.45) is 23.2 Å². The summed E-state index contributed by atoms with van der Waals surface area (Å²) >= 11 is 1.56. The van der Waals surface area contributed by atoms with Gasteiger partial charge in [0.25, 0.3) is 0 Å². The first kappa shape index (κ1) is 19.0. The van der Waals surface area contributed by atoms with Crippen LogP contribution in [0.15, 0.2) is 5.16 Å². The van der Waals surface area contributed by atoms with Crippen molar-refractivity contribution in [2.75, 3.05) is 12.3 Å². The average molecular weight is 403 g/mol. The van der Waals surface area contributed by atoms with E-state index >= 15 is 0 Å². The maximum absolute atomic E-state index is 12.6. The number of hydrogen-bond acceptors (Lipinski definition) is 4. The normalized spacial score (nSPS) is 34.7.